The van der Waals surface area contributed by atoms with Crippen molar-refractivity contribution in [3.8, 4) is 0 Å². The summed E-state index contributed by atoms with van der Waals surface area (Å²) in [4.78, 5) is 0. The summed E-state index contributed by atoms with van der Waals surface area (Å²) < 4.78 is 0. The maximum absolute atomic E-state index is 2.21. The number of hydrogen-bond donors (Lipinski definition) is 0. The van der Waals surface area contributed by atoms with Gasteiger partial charge < -0.3 is 0 Å². The molecule has 0 amide bonds. The van der Waals surface area contributed by atoms with Crippen LogP contribution >= 0.6 is 0 Å². The van der Waals surface area contributed by atoms with Crippen LogP contribution in [-0.4, -0.2) is 0 Å². The fourth-order valence-electron chi connectivity index (χ4n) is 2.59. The maximum atomic E-state index is 2.21. The van der Waals surface area contributed by atoms with Gasteiger partial charge in [-0.25, -0.2) is 0 Å². The normalized spacial score (nSPS) is 13.6. The highest BCUT2D eigenvalue weighted by molar-refractivity contribution is 6.13. The topological polar surface area (TPSA) is 0 Å². The molecule has 0 atom stereocenters. The molecule has 0 bridgehead atoms. The molecule has 0 heteroatoms. The van der Waals surface area contributed by atoms with Gasteiger partial charge >= 0.3 is 0 Å². The Bertz CT molecular complexity index is 720. The molecule has 1 radical (unpaired) electrons. The average Bonchev–Trinajstić information content (AvgIpc) is 2.71. The van der Waals surface area contributed by atoms with Crippen molar-refractivity contribution < 1.29 is 0 Å². The summed E-state index contributed by atoms with van der Waals surface area (Å²) in [6.07, 6.45) is 4.41. The van der Waals surface area contributed by atoms with E-state index in [0.29, 0.717) is 0 Å². The van der Waals surface area contributed by atoms with Crippen molar-refractivity contribution in [2.75, 3.05) is 0 Å². The minimum absolute atomic E-state index is 1.34. The molecule has 1 aliphatic rings. The van der Waals surface area contributed by atoms with Crippen molar-refractivity contribution in [2.24, 2.45) is 0 Å². The van der Waals surface area contributed by atoms with E-state index >= 15 is 0 Å². The summed E-state index contributed by atoms with van der Waals surface area (Å²) in [7, 11) is 0. The molecule has 0 heterocycles. The fourth-order valence-corrected chi connectivity index (χ4v) is 2.59. The van der Waals surface area contributed by atoms with Crippen LogP contribution in [-0.2, 0) is 0 Å². The number of rotatable bonds is 0. The van der Waals surface area contributed by atoms with Crippen molar-refractivity contribution in [1.29, 1.82) is 0 Å². The zero-order chi connectivity index (χ0) is 9.83. The third-order valence-corrected chi connectivity index (χ3v) is 3.28. The van der Waals surface area contributed by atoms with Crippen LogP contribution in [0.5, 0.6) is 0 Å². The molecule has 3 aromatic rings. The van der Waals surface area contributed by atoms with E-state index in [1.54, 1.807) is 0 Å². The van der Waals surface area contributed by atoms with E-state index in [1.165, 1.54) is 32.3 Å². The molecule has 0 spiro atoms. The molecule has 69 valence electrons. The highest BCUT2D eigenvalue weighted by Gasteiger charge is 2.10. The van der Waals surface area contributed by atoms with Crippen molar-refractivity contribution in [1.82, 2.24) is 0 Å². The first-order chi connectivity index (χ1) is 7.43. The fraction of sp³-hybridized carbons (Fsp3) is 0. The minimum atomic E-state index is 1.34. The van der Waals surface area contributed by atoms with Crippen LogP contribution in [0.1, 0.15) is 5.56 Å². The quantitative estimate of drug-likeness (QED) is 0.510. The van der Waals surface area contributed by atoms with E-state index < -0.39 is 0 Å². The predicted octanol–water partition coefficient (Wildman–Crippen LogP) is 3.06. The van der Waals surface area contributed by atoms with E-state index in [9.17, 15) is 0 Å². The summed E-state index contributed by atoms with van der Waals surface area (Å²) in [6, 6.07) is 15.4. The van der Waals surface area contributed by atoms with Crippen LogP contribution in [0.25, 0.3) is 27.6 Å². The van der Waals surface area contributed by atoms with Crippen LogP contribution in [0.4, 0.5) is 0 Å². The van der Waals surface area contributed by atoms with Gasteiger partial charge in [-0.2, -0.15) is 0 Å². The summed E-state index contributed by atoms with van der Waals surface area (Å²) in [5.74, 6) is 0. The maximum Gasteiger partial charge on any atom is 0.0138 e. The number of hydrogen-bond acceptors (Lipinski definition) is 0. The van der Waals surface area contributed by atoms with Crippen molar-refractivity contribution >= 4 is 27.6 Å². The van der Waals surface area contributed by atoms with Crippen LogP contribution in [0.3, 0.4) is 0 Å². The van der Waals surface area contributed by atoms with Gasteiger partial charge in [0.25, 0.3) is 0 Å². The Hall–Kier alpha value is -1.82. The Morgan fingerprint density at radius 1 is 0.667 bits per heavy atom. The zero-order valence-electron chi connectivity index (χ0n) is 8.20. The molecule has 15 heavy (non-hydrogen) atoms. The van der Waals surface area contributed by atoms with Gasteiger partial charge in [0.2, 0.25) is 0 Å². The SMILES string of the molecule is [CH]1C=c2ccc3cccc4ccc1c2c43. The van der Waals surface area contributed by atoms with Crippen LogP contribution in [0.2, 0.25) is 0 Å². The van der Waals surface area contributed by atoms with Crippen molar-refractivity contribution in [3.63, 3.8) is 0 Å². The van der Waals surface area contributed by atoms with Crippen molar-refractivity contribution in [3.05, 3.63) is 59.7 Å². The molecule has 3 aromatic carbocycles. The standard InChI is InChI=1S/C15H9/c1-2-10-4-6-12-8-9-13-7-5-11(3-1)14(10)15(12)13/h1-9H. The molecule has 4 rings (SSSR count). The summed E-state index contributed by atoms with van der Waals surface area (Å²) in [5.41, 5.74) is 1.36. The van der Waals surface area contributed by atoms with Gasteiger partial charge in [0.15, 0.2) is 0 Å². The number of benzene rings is 3. The zero-order valence-corrected chi connectivity index (χ0v) is 8.20. The molecule has 0 unspecified atom stereocenters. The summed E-state index contributed by atoms with van der Waals surface area (Å²) >= 11 is 0. The lowest BCUT2D eigenvalue weighted by molar-refractivity contribution is 1.68. The van der Waals surface area contributed by atoms with Crippen LogP contribution < -0.4 is 5.22 Å². The van der Waals surface area contributed by atoms with Gasteiger partial charge in [0.1, 0.15) is 0 Å². The third-order valence-electron chi connectivity index (χ3n) is 3.28. The summed E-state index contributed by atoms with van der Waals surface area (Å²) in [6.45, 7) is 0. The van der Waals surface area contributed by atoms with E-state index in [2.05, 4.69) is 55.0 Å². The highest BCUT2D eigenvalue weighted by atomic mass is 14.1. The first-order valence-electron chi connectivity index (χ1n) is 5.23. The molecule has 0 aliphatic heterocycles. The molecular formula is C15H9. The third kappa shape index (κ3) is 0.822. The average molecular weight is 189 g/mol. The molecule has 0 fully saturated rings. The van der Waals surface area contributed by atoms with Crippen LogP contribution in [0.15, 0.2) is 42.5 Å². The molecule has 0 saturated carbocycles. The molecule has 0 aromatic heterocycles. The minimum Gasteiger partial charge on any atom is -0.0681 e. The van der Waals surface area contributed by atoms with Gasteiger partial charge in [-0.3, -0.25) is 0 Å². The lowest BCUT2D eigenvalue weighted by Gasteiger charge is -2.06. The molecule has 0 N–H and O–H groups in total. The Kier molecular flexibility index (Phi) is 1.20. The Morgan fingerprint density at radius 3 is 2.33 bits per heavy atom. The largest absolute Gasteiger partial charge is 0.0681 e. The van der Waals surface area contributed by atoms with Gasteiger partial charge in [0.05, 0.1) is 0 Å². The molecule has 1 aliphatic carbocycles. The lowest BCUT2D eigenvalue weighted by Crippen LogP contribution is -1.98. The van der Waals surface area contributed by atoms with Crippen LogP contribution in [0, 0.1) is 6.42 Å². The first-order valence-corrected chi connectivity index (χ1v) is 5.23. The molecule has 0 saturated heterocycles. The molecule has 0 nitrogen and oxygen atoms in total. The second kappa shape index (κ2) is 2.40. The van der Waals surface area contributed by atoms with Gasteiger partial charge in [-0.1, -0.05) is 48.5 Å². The van der Waals surface area contributed by atoms with Crippen molar-refractivity contribution in [2.45, 2.75) is 0 Å². The predicted molar refractivity (Wildman–Crippen MR) is 64.5 cm³/mol. The van der Waals surface area contributed by atoms with Gasteiger partial charge in [0, 0.05) is 6.42 Å². The van der Waals surface area contributed by atoms with Gasteiger partial charge in [-0.05, 0) is 32.3 Å². The molecular weight excluding hydrogens is 180 g/mol. The monoisotopic (exact) mass is 189 g/mol. The first kappa shape index (κ1) is 7.47. The second-order valence-electron chi connectivity index (χ2n) is 4.10. The lowest BCUT2D eigenvalue weighted by atomic mass is 9.98. The van der Waals surface area contributed by atoms with E-state index in [4.69, 9.17) is 0 Å². The highest BCUT2D eigenvalue weighted by Crippen LogP contribution is 2.29. The smallest absolute Gasteiger partial charge is 0.0138 e. The Labute approximate surface area is 87.8 Å². The summed E-state index contributed by atoms with van der Waals surface area (Å²) in [5, 5.41) is 6.88. The van der Waals surface area contributed by atoms with E-state index in [-0.39, 0.29) is 0 Å². The second-order valence-corrected chi connectivity index (χ2v) is 4.10. The Balaban J connectivity index is 2.50. The Morgan fingerprint density at radius 2 is 1.47 bits per heavy atom. The van der Waals surface area contributed by atoms with Gasteiger partial charge in [-0.15, -0.1) is 0 Å². The van der Waals surface area contributed by atoms with E-state index in [0.717, 1.165) is 0 Å². The van der Waals surface area contributed by atoms with E-state index in [1.807, 2.05) is 0 Å².